The molecule has 274 valence electrons. The molecule has 2 nitrogen and oxygen atoms in total. The fourth-order valence-electron chi connectivity index (χ4n) is 9.85. The summed E-state index contributed by atoms with van der Waals surface area (Å²) in [5.41, 5.74) is 22.2. The van der Waals surface area contributed by atoms with Gasteiger partial charge in [0.1, 0.15) is 0 Å². The normalized spacial score (nSPS) is 14.5. The number of rotatable bonds is 5. The fourth-order valence-corrected chi connectivity index (χ4v) is 9.85. The van der Waals surface area contributed by atoms with Crippen LogP contribution in [-0.4, -0.2) is 0 Å². The summed E-state index contributed by atoms with van der Waals surface area (Å²) in [4.78, 5) is 4.89. The zero-order valence-corrected chi connectivity index (χ0v) is 32.8. The number of hydrogen-bond acceptors (Lipinski definition) is 2. The van der Waals surface area contributed by atoms with E-state index in [0.717, 1.165) is 19.3 Å². The third-order valence-corrected chi connectivity index (χ3v) is 12.8. The Bertz CT molecular complexity index is 2850. The zero-order valence-electron chi connectivity index (χ0n) is 32.8. The van der Waals surface area contributed by atoms with Crippen molar-refractivity contribution in [1.82, 2.24) is 0 Å². The SMILES string of the molecule is CCc1cc2c(cc1/C=C/c1ccc3cc(N4c5ccccc5Cc5ccccc54)ccc3c1)C(C)(C)c1cc(N3c4ccccc4Cc4ccccc43)ccc1-2. The van der Waals surface area contributed by atoms with Crippen LogP contribution in [0.3, 0.4) is 0 Å². The molecule has 0 fully saturated rings. The summed E-state index contributed by atoms with van der Waals surface area (Å²) in [5, 5.41) is 2.49. The minimum absolute atomic E-state index is 0.138. The molecule has 8 aromatic carbocycles. The van der Waals surface area contributed by atoms with E-state index in [-0.39, 0.29) is 5.41 Å². The molecule has 3 aliphatic rings. The first-order valence-electron chi connectivity index (χ1n) is 20.4. The summed E-state index contributed by atoms with van der Waals surface area (Å²) in [6.07, 6.45) is 7.53. The smallest absolute Gasteiger partial charge is 0.0497 e. The van der Waals surface area contributed by atoms with Crippen LogP contribution in [0.1, 0.15) is 70.8 Å². The monoisotopic (exact) mass is 732 g/mol. The number of hydrogen-bond donors (Lipinski definition) is 0. The van der Waals surface area contributed by atoms with Gasteiger partial charge in [-0.05, 0) is 139 Å². The zero-order chi connectivity index (χ0) is 38.3. The van der Waals surface area contributed by atoms with Gasteiger partial charge < -0.3 is 9.80 Å². The van der Waals surface area contributed by atoms with Crippen LogP contribution in [0.4, 0.5) is 34.1 Å². The second kappa shape index (κ2) is 13.0. The van der Waals surface area contributed by atoms with E-state index in [2.05, 4.69) is 207 Å². The minimum Gasteiger partial charge on any atom is -0.310 e. The second-order valence-electron chi connectivity index (χ2n) is 16.5. The molecule has 0 spiro atoms. The predicted molar refractivity (Wildman–Crippen MR) is 241 cm³/mol. The molecule has 2 heteroatoms. The molecular formula is C55H44N2. The maximum absolute atomic E-state index is 2.47. The summed E-state index contributed by atoms with van der Waals surface area (Å²) in [5.74, 6) is 0. The van der Waals surface area contributed by atoms with Crippen molar-refractivity contribution >= 4 is 57.0 Å². The number of para-hydroxylation sites is 4. The summed E-state index contributed by atoms with van der Waals surface area (Å²) in [6.45, 7) is 7.08. The van der Waals surface area contributed by atoms with Crippen LogP contribution in [-0.2, 0) is 24.7 Å². The molecule has 57 heavy (non-hydrogen) atoms. The first-order chi connectivity index (χ1) is 27.9. The van der Waals surface area contributed by atoms with Gasteiger partial charge in [0.05, 0.1) is 0 Å². The van der Waals surface area contributed by atoms with Gasteiger partial charge in [0, 0.05) is 52.4 Å². The third-order valence-electron chi connectivity index (χ3n) is 12.8. The van der Waals surface area contributed by atoms with Crippen LogP contribution in [0.5, 0.6) is 0 Å². The number of benzene rings is 8. The molecular weight excluding hydrogens is 689 g/mol. The van der Waals surface area contributed by atoms with Crippen molar-refractivity contribution in [3.8, 4) is 11.1 Å². The minimum atomic E-state index is -0.138. The van der Waals surface area contributed by atoms with Gasteiger partial charge in [0.2, 0.25) is 0 Å². The summed E-state index contributed by atoms with van der Waals surface area (Å²) in [7, 11) is 0. The molecule has 0 saturated heterocycles. The topological polar surface area (TPSA) is 6.48 Å². The van der Waals surface area contributed by atoms with Gasteiger partial charge in [-0.15, -0.1) is 0 Å². The first kappa shape index (κ1) is 33.7. The predicted octanol–water partition coefficient (Wildman–Crippen LogP) is 14.6. The van der Waals surface area contributed by atoms with Crippen LogP contribution in [0.25, 0.3) is 34.1 Å². The molecule has 0 radical (unpaired) electrons. The Hall–Kier alpha value is -6.64. The van der Waals surface area contributed by atoms with Gasteiger partial charge in [-0.25, -0.2) is 0 Å². The fraction of sp³-hybridized carbons (Fsp3) is 0.127. The van der Waals surface area contributed by atoms with Crippen molar-refractivity contribution in [3.63, 3.8) is 0 Å². The van der Waals surface area contributed by atoms with E-state index in [1.807, 2.05) is 0 Å². The second-order valence-corrected chi connectivity index (χ2v) is 16.5. The van der Waals surface area contributed by atoms with Crippen molar-refractivity contribution in [2.24, 2.45) is 0 Å². The van der Waals surface area contributed by atoms with Crippen molar-refractivity contribution in [3.05, 3.63) is 214 Å². The average Bonchev–Trinajstić information content (AvgIpc) is 3.47. The highest BCUT2D eigenvalue weighted by molar-refractivity contribution is 5.94. The maximum Gasteiger partial charge on any atom is 0.0497 e. The van der Waals surface area contributed by atoms with E-state index < -0.39 is 0 Å². The van der Waals surface area contributed by atoms with Crippen LogP contribution in [0.15, 0.2) is 164 Å². The van der Waals surface area contributed by atoms with Crippen molar-refractivity contribution in [2.75, 3.05) is 9.80 Å². The Balaban J connectivity index is 0.917. The lowest BCUT2D eigenvalue weighted by Crippen LogP contribution is -2.20. The molecule has 2 heterocycles. The van der Waals surface area contributed by atoms with Crippen molar-refractivity contribution in [2.45, 2.75) is 45.4 Å². The molecule has 1 aliphatic carbocycles. The van der Waals surface area contributed by atoms with Gasteiger partial charge in [0.15, 0.2) is 0 Å². The van der Waals surface area contributed by atoms with Gasteiger partial charge in [-0.3, -0.25) is 0 Å². The molecule has 11 rings (SSSR count). The Kier molecular flexibility index (Phi) is 7.66. The molecule has 0 unspecified atom stereocenters. The standard InChI is InChI=1S/C55H44N2/c1-4-37-33-48-47-28-27-46(57-53-19-11-7-15-43(53)31-44-16-8-12-20-54(44)57)35-50(47)55(2,3)49(48)34-40(37)24-22-36-21-23-39-32-45(26-25-38(39)29-36)56-51-17-9-5-13-41(51)30-42-14-6-10-18-52(42)56/h5-29,32-35H,4,30-31H2,1-3H3/b24-22+. The van der Waals surface area contributed by atoms with Crippen LogP contribution in [0.2, 0.25) is 0 Å². The number of aryl methyl sites for hydroxylation is 1. The first-order valence-corrected chi connectivity index (χ1v) is 20.4. The average molecular weight is 733 g/mol. The van der Waals surface area contributed by atoms with Crippen LogP contribution >= 0.6 is 0 Å². The maximum atomic E-state index is 2.47. The number of anilines is 6. The van der Waals surface area contributed by atoms with E-state index in [0.29, 0.717) is 0 Å². The van der Waals surface area contributed by atoms with Gasteiger partial charge in [-0.1, -0.05) is 136 Å². The highest BCUT2D eigenvalue weighted by Gasteiger charge is 2.37. The number of nitrogens with zero attached hydrogens (tertiary/aromatic N) is 2. The lowest BCUT2D eigenvalue weighted by atomic mass is 9.81. The Labute approximate surface area is 336 Å². The van der Waals surface area contributed by atoms with Crippen LogP contribution in [0, 0.1) is 0 Å². The largest absolute Gasteiger partial charge is 0.310 e. The lowest BCUT2D eigenvalue weighted by molar-refractivity contribution is 0.660. The highest BCUT2D eigenvalue weighted by atomic mass is 15.2. The summed E-state index contributed by atoms with van der Waals surface area (Å²) < 4.78 is 0. The summed E-state index contributed by atoms with van der Waals surface area (Å²) in [6, 6.07) is 61.2. The molecule has 0 bridgehead atoms. The van der Waals surface area contributed by atoms with Gasteiger partial charge in [-0.2, -0.15) is 0 Å². The van der Waals surface area contributed by atoms with Crippen LogP contribution < -0.4 is 9.80 Å². The summed E-state index contributed by atoms with van der Waals surface area (Å²) >= 11 is 0. The number of fused-ring (bicyclic) bond motifs is 8. The van der Waals surface area contributed by atoms with Gasteiger partial charge >= 0.3 is 0 Å². The molecule has 0 aromatic heterocycles. The highest BCUT2D eigenvalue weighted by Crippen LogP contribution is 2.53. The van der Waals surface area contributed by atoms with E-state index in [1.165, 1.54) is 106 Å². The molecule has 0 saturated carbocycles. The van der Waals surface area contributed by atoms with E-state index in [9.17, 15) is 0 Å². The Morgan fingerprint density at radius 3 is 1.54 bits per heavy atom. The molecule has 8 aromatic rings. The van der Waals surface area contributed by atoms with E-state index in [1.54, 1.807) is 0 Å². The molecule has 0 atom stereocenters. The van der Waals surface area contributed by atoms with Crippen molar-refractivity contribution in [1.29, 1.82) is 0 Å². The lowest BCUT2D eigenvalue weighted by Gasteiger charge is -2.34. The van der Waals surface area contributed by atoms with Crippen molar-refractivity contribution < 1.29 is 0 Å². The molecule has 0 N–H and O–H groups in total. The molecule has 0 amide bonds. The van der Waals surface area contributed by atoms with E-state index in [4.69, 9.17) is 0 Å². The third kappa shape index (κ3) is 5.39. The van der Waals surface area contributed by atoms with E-state index >= 15 is 0 Å². The Morgan fingerprint density at radius 2 is 0.965 bits per heavy atom. The quantitative estimate of drug-likeness (QED) is 0.163. The molecule has 2 aliphatic heterocycles. The van der Waals surface area contributed by atoms with Gasteiger partial charge in [0.25, 0.3) is 0 Å². The Morgan fingerprint density at radius 1 is 0.474 bits per heavy atom.